The summed E-state index contributed by atoms with van der Waals surface area (Å²) in [6, 6.07) is 9.51. The highest BCUT2D eigenvalue weighted by Crippen LogP contribution is 2.32. The van der Waals surface area contributed by atoms with Crippen LogP contribution in [0, 0.1) is 17.2 Å². The second-order valence-electron chi connectivity index (χ2n) is 9.66. The van der Waals surface area contributed by atoms with Crippen LogP contribution in [-0.4, -0.2) is 71.3 Å². The summed E-state index contributed by atoms with van der Waals surface area (Å²) in [6.07, 6.45) is 2.12. The number of rotatable bonds is 14. The van der Waals surface area contributed by atoms with Crippen molar-refractivity contribution in [1.29, 1.82) is 5.41 Å². The third-order valence-corrected chi connectivity index (χ3v) is 6.82. The molecule has 2 aromatic carbocycles. The Hall–Kier alpha value is -4.78. The van der Waals surface area contributed by atoms with E-state index in [4.69, 9.17) is 36.6 Å². The maximum absolute atomic E-state index is 12.8. The van der Waals surface area contributed by atoms with Gasteiger partial charge in [0.05, 0.1) is 12.6 Å². The van der Waals surface area contributed by atoms with Gasteiger partial charge < -0.3 is 36.5 Å². The zero-order valence-electron chi connectivity index (χ0n) is 22.1. The second-order valence-corrected chi connectivity index (χ2v) is 9.66. The summed E-state index contributed by atoms with van der Waals surface area (Å²) < 4.78 is 10.2. The minimum Gasteiger partial charge on any atom is -0.479 e. The average molecular weight is 569 g/mol. The molecule has 8 N–H and O–H groups in total. The topological polar surface area (TPSA) is 232 Å². The lowest BCUT2D eigenvalue weighted by molar-refractivity contribution is -0.140. The van der Waals surface area contributed by atoms with Gasteiger partial charge in [0.2, 0.25) is 5.91 Å². The van der Waals surface area contributed by atoms with Gasteiger partial charge in [-0.25, -0.2) is 9.59 Å². The van der Waals surface area contributed by atoms with Gasteiger partial charge in [0, 0.05) is 22.6 Å². The highest BCUT2D eigenvalue weighted by Gasteiger charge is 2.32. The van der Waals surface area contributed by atoms with Crippen molar-refractivity contribution in [2.75, 3.05) is 19.8 Å². The fourth-order valence-corrected chi connectivity index (χ4v) is 4.57. The maximum Gasteiger partial charge on any atom is 0.341 e. The van der Waals surface area contributed by atoms with Crippen molar-refractivity contribution >= 4 is 35.2 Å². The van der Waals surface area contributed by atoms with E-state index in [1.165, 1.54) is 18.2 Å². The average Bonchev–Trinajstić information content (AvgIpc) is 2.96. The van der Waals surface area contributed by atoms with Gasteiger partial charge in [0.25, 0.3) is 0 Å². The first-order chi connectivity index (χ1) is 19.5. The van der Waals surface area contributed by atoms with Crippen LogP contribution in [0.15, 0.2) is 42.5 Å². The number of amides is 1. The normalized spacial score (nSPS) is 17.1. The molecule has 2 aromatic rings. The van der Waals surface area contributed by atoms with Gasteiger partial charge in [-0.2, -0.15) is 0 Å². The van der Waals surface area contributed by atoms with Crippen LogP contribution < -0.4 is 26.3 Å². The minimum atomic E-state index is -1.28. The Morgan fingerprint density at radius 1 is 0.854 bits per heavy atom. The highest BCUT2D eigenvalue weighted by molar-refractivity contribution is 6.02. The molecule has 1 aliphatic rings. The van der Waals surface area contributed by atoms with Crippen molar-refractivity contribution in [3.63, 3.8) is 0 Å². The molecule has 1 aliphatic carbocycles. The van der Waals surface area contributed by atoms with Gasteiger partial charge >= 0.3 is 11.9 Å². The summed E-state index contributed by atoms with van der Waals surface area (Å²) in [5.41, 5.74) is 12.8. The number of carboxylic acids is 2. The van der Waals surface area contributed by atoms with E-state index >= 15 is 0 Å². The zero-order chi connectivity index (χ0) is 30.1. The van der Waals surface area contributed by atoms with E-state index in [-0.39, 0.29) is 53.0 Å². The predicted molar refractivity (Wildman–Crippen MR) is 145 cm³/mol. The number of carbonyl (C=O) groups is 5. The van der Waals surface area contributed by atoms with E-state index in [0.717, 1.165) is 0 Å². The standard InChI is InChI=1S/C28H32N4O9/c29-25(26(38)16-3-5-17(6-4-16)27(30)31)15-1-7-18(8-2-15)28(39)32-12-20(33)19-9-10-21(40-13-23(34)35)22(11-19)41-14-24(36)37/h3-6,9-11,15,18,25H,1-2,7-8,12-14,29H2,(H3,30,31)(H,32,39)(H,34,35)(H,36,37)/t15-,18-,25?. The number of benzene rings is 2. The lowest BCUT2D eigenvalue weighted by Crippen LogP contribution is -2.42. The summed E-state index contributed by atoms with van der Waals surface area (Å²) in [7, 11) is 0. The third-order valence-electron chi connectivity index (χ3n) is 6.82. The molecule has 0 bridgehead atoms. The molecule has 218 valence electrons. The molecule has 0 aliphatic heterocycles. The molecule has 1 unspecified atom stereocenters. The van der Waals surface area contributed by atoms with Crippen molar-refractivity contribution in [3.8, 4) is 11.5 Å². The molecule has 0 radical (unpaired) electrons. The van der Waals surface area contributed by atoms with E-state index < -0.39 is 37.0 Å². The molecule has 3 rings (SSSR count). The number of aliphatic carboxylic acids is 2. The van der Waals surface area contributed by atoms with E-state index in [1.54, 1.807) is 24.3 Å². The molecular formula is C28H32N4O9. The SMILES string of the molecule is N=C(N)c1ccc(C(=O)C(N)[C@H]2CC[C@H](C(=O)NCC(=O)c3ccc(OCC(=O)O)c(OCC(=O)O)c3)CC2)cc1. The first-order valence-corrected chi connectivity index (χ1v) is 12.8. The van der Waals surface area contributed by atoms with Gasteiger partial charge in [-0.1, -0.05) is 24.3 Å². The van der Waals surface area contributed by atoms with Gasteiger partial charge in [-0.15, -0.1) is 0 Å². The van der Waals surface area contributed by atoms with Crippen LogP contribution in [-0.2, 0) is 14.4 Å². The summed E-state index contributed by atoms with van der Waals surface area (Å²) in [5, 5.41) is 27.8. The Morgan fingerprint density at radius 2 is 1.39 bits per heavy atom. The lowest BCUT2D eigenvalue weighted by atomic mass is 9.76. The fraction of sp³-hybridized carbons (Fsp3) is 0.357. The smallest absolute Gasteiger partial charge is 0.341 e. The summed E-state index contributed by atoms with van der Waals surface area (Å²) in [5.74, 6) is -4.24. The molecular weight excluding hydrogens is 536 g/mol. The molecule has 1 amide bonds. The van der Waals surface area contributed by atoms with Gasteiger partial charge in [0.15, 0.2) is 36.3 Å². The molecule has 1 saturated carbocycles. The van der Waals surface area contributed by atoms with Crippen molar-refractivity contribution in [2.45, 2.75) is 31.7 Å². The van der Waals surface area contributed by atoms with Crippen LogP contribution in [0.1, 0.15) is 52.0 Å². The predicted octanol–water partition coefficient (Wildman–Crippen LogP) is 1.21. The van der Waals surface area contributed by atoms with Crippen LogP contribution in [0.4, 0.5) is 0 Å². The van der Waals surface area contributed by atoms with E-state index in [2.05, 4.69) is 5.32 Å². The Morgan fingerprint density at radius 3 is 1.95 bits per heavy atom. The van der Waals surface area contributed by atoms with Crippen molar-refractivity contribution in [2.24, 2.45) is 23.3 Å². The quantitative estimate of drug-likeness (QED) is 0.108. The Kier molecular flexibility index (Phi) is 10.5. The summed E-state index contributed by atoms with van der Waals surface area (Å²) >= 11 is 0. The van der Waals surface area contributed by atoms with Crippen LogP contribution in [0.3, 0.4) is 0 Å². The van der Waals surface area contributed by atoms with Gasteiger partial charge in [-0.05, 0) is 49.8 Å². The number of carboxylic acid groups (broad SMARTS) is 2. The van der Waals surface area contributed by atoms with Crippen molar-refractivity contribution in [1.82, 2.24) is 5.32 Å². The molecule has 0 saturated heterocycles. The fourth-order valence-electron chi connectivity index (χ4n) is 4.57. The summed E-state index contributed by atoms with van der Waals surface area (Å²) in [6.45, 7) is -1.75. The van der Waals surface area contributed by atoms with E-state index in [0.29, 0.717) is 36.8 Å². The maximum atomic E-state index is 12.8. The molecule has 1 fully saturated rings. The highest BCUT2D eigenvalue weighted by atomic mass is 16.5. The third kappa shape index (κ3) is 8.60. The molecule has 1 atom stereocenters. The van der Waals surface area contributed by atoms with Crippen LogP contribution in [0.25, 0.3) is 0 Å². The van der Waals surface area contributed by atoms with Crippen LogP contribution in [0.5, 0.6) is 11.5 Å². The Labute approximate surface area is 235 Å². The number of carbonyl (C=O) groups excluding carboxylic acids is 3. The van der Waals surface area contributed by atoms with Crippen LogP contribution >= 0.6 is 0 Å². The molecule has 0 spiro atoms. The molecule has 13 nitrogen and oxygen atoms in total. The van der Waals surface area contributed by atoms with Crippen LogP contribution in [0.2, 0.25) is 0 Å². The van der Waals surface area contributed by atoms with Crippen molar-refractivity contribution in [3.05, 3.63) is 59.2 Å². The minimum absolute atomic E-state index is 0.0456. The second kappa shape index (κ2) is 14.0. The van der Waals surface area contributed by atoms with E-state index in [9.17, 15) is 24.0 Å². The molecule has 0 heterocycles. The summed E-state index contributed by atoms with van der Waals surface area (Å²) in [4.78, 5) is 60.0. The number of ketones is 2. The number of hydrogen-bond acceptors (Lipinski definition) is 9. The number of nitrogens with one attached hydrogen (secondary N) is 2. The number of amidine groups is 1. The zero-order valence-corrected chi connectivity index (χ0v) is 22.1. The van der Waals surface area contributed by atoms with Gasteiger partial charge in [0.1, 0.15) is 5.84 Å². The molecule has 0 aromatic heterocycles. The van der Waals surface area contributed by atoms with Gasteiger partial charge in [-0.3, -0.25) is 19.8 Å². The molecule has 41 heavy (non-hydrogen) atoms. The number of hydrogen-bond donors (Lipinski definition) is 6. The molecule has 13 heteroatoms. The largest absolute Gasteiger partial charge is 0.479 e. The van der Waals surface area contributed by atoms with Crippen molar-refractivity contribution < 1.29 is 43.7 Å². The lowest BCUT2D eigenvalue weighted by Gasteiger charge is -2.31. The number of Topliss-reactive ketones (excluding diaryl/α,β-unsaturated/α-hetero) is 2. The monoisotopic (exact) mass is 568 g/mol. The first-order valence-electron chi connectivity index (χ1n) is 12.8. The first kappa shape index (κ1) is 30.8. The van der Waals surface area contributed by atoms with E-state index in [1.807, 2.05) is 0 Å². The number of nitrogen functional groups attached to an aromatic ring is 1. The number of nitrogens with two attached hydrogens (primary N) is 2. The number of ether oxygens (including phenoxy) is 2. The Balaban J connectivity index is 1.52. The Bertz CT molecular complexity index is 1320.